The van der Waals surface area contributed by atoms with Gasteiger partial charge < -0.3 is 4.74 Å². The molecule has 0 aliphatic heterocycles. The third-order valence-electron chi connectivity index (χ3n) is 1.47. The summed E-state index contributed by atoms with van der Waals surface area (Å²) in [5.41, 5.74) is -0.229. The number of carbonyl (C=O) groups is 2. The van der Waals surface area contributed by atoms with E-state index in [9.17, 15) is 9.59 Å². The maximum atomic E-state index is 11.4. The van der Waals surface area contributed by atoms with Crippen LogP contribution in [0.25, 0.3) is 0 Å². The first-order valence-corrected chi connectivity index (χ1v) is 5.76. The monoisotopic (exact) mass is 261 g/mol. The number of amides is 1. The summed E-state index contributed by atoms with van der Waals surface area (Å²) in [7, 11) is 0. The van der Waals surface area contributed by atoms with E-state index in [-0.39, 0.29) is 0 Å². The predicted octanol–water partition coefficient (Wildman–Crippen LogP) is 3.56. The molecular formula is C10H12ClNO3S. The van der Waals surface area contributed by atoms with Gasteiger partial charge in [0.05, 0.1) is 9.90 Å². The molecule has 1 amide bonds. The average molecular weight is 262 g/mol. The van der Waals surface area contributed by atoms with Gasteiger partial charge in [-0.2, -0.15) is 0 Å². The van der Waals surface area contributed by atoms with Crippen LogP contribution in [0.5, 0.6) is 0 Å². The lowest BCUT2D eigenvalue weighted by molar-refractivity contribution is 0.0636. The fourth-order valence-electron chi connectivity index (χ4n) is 0.955. The summed E-state index contributed by atoms with van der Waals surface area (Å²) in [6.45, 7) is 5.28. The van der Waals surface area contributed by atoms with Crippen LogP contribution in [-0.4, -0.2) is 18.0 Å². The Morgan fingerprint density at radius 2 is 2.19 bits per heavy atom. The number of thiophene rings is 1. The Labute approximate surface area is 103 Å². The minimum atomic E-state index is -0.603. The maximum Gasteiger partial charge on any atom is 0.412 e. The van der Waals surface area contributed by atoms with Crippen LogP contribution in [-0.2, 0) is 4.74 Å². The van der Waals surface area contributed by atoms with Gasteiger partial charge in [0, 0.05) is 0 Å². The highest BCUT2D eigenvalue weighted by Gasteiger charge is 2.18. The van der Waals surface area contributed by atoms with E-state index in [1.807, 2.05) is 0 Å². The summed E-state index contributed by atoms with van der Waals surface area (Å²) in [4.78, 5) is 22.1. The van der Waals surface area contributed by atoms with Crippen molar-refractivity contribution in [3.8, 4) is 0 Å². The Hall–Kier alpha value is -1.07. The Bertz CT molecular complexity index is 409. The van der Waals surface area contributed by atoms with Crippen molar-refractivity contribution in [2.45, 2.75) is 26.4 Å². The molecule has 0 saturated heterocycles. The summed E-state index contributed by atoms with van der Waals surface area (Å²) in [6, 6.07) is 1.49. The highest BCUT2D eigenvalue weighted by Crippen LogP contribution is 2.30. The van der Waals surface area contributed by atoms with Gasteiger partial charge in [-0.15, -0.1) is 11.3 Å². The first kappa shape index (κ1) is 13.0. The fourth-order valence-corrected chi connectivity index (χ4v) is 2.04. The van der Waals surface area contributed by atoms with E-state index in [0.717, 1.165) is 11.3 Å². The van der Waals surface area contributed by atoms with E-state index >= 15 is 0 Å². The van der Waals surface area contributed by atoms with Gasteiger partial charge >= 0.3 is 6.09 Å². The van der Waals surface area contributed by atoms with Gasteiger partial charge in [0.15, 0.2) is 6.29 Å². The molecule has 0 aliphatic rings. The Morgan fingerprint density at radius 3 is 2.69 bits per heavy atom. The molecule has 0 aliphatic carbocycles. The molecule has 0 saturated carbocycles. The van der Waals surface area contributed by atoms with E-state index in [1.165, 1.54) is 6.07 Å². The molecule has 0 atom stereocenters. The quantitative estimate of drug-likeness (QED) is 0.828. The zero-order valence-electron chi connectivity index (χ0n) is 9.17. The van der Waals surface area contributed by atoms with Crippen molar-refractivity contribution in [1.82, 2.24) is 0 Å². The van der Waals surface area contributed by atoms with Crippen molar-refractivity contribution in [3.05, 3.63) is 16.0 Å². The highest BCUT2D eigenvalue weighted by atomic mass is 35.5. The zero-order chi connectivity index (χ0) is 12.3. The predicted molar refractivity (Wildman–Crippen MR) is 64.6 cm³/mol. The molecule has 88 valence electrons. The molecule has 6 heteroatoms. The minimum Gasteiger partial charge on any atom is -0.444 e. The van der Waals surface area contributed by atoms with Gasteiger partial charge in [-0.05, 0) is 26.8 Å². The maximum absolute atomic E-state index is 11.4. The lowest BCUT2D eigenvalue weighted by atomic mass is 10.2. The molecule has 1 rings (SSSR count). The summed E-state index contributed by atoms with van der Waals surface area (Å²) in [5.74, 6) is 0. The van der Waals surface area contributed by atoms with Crippen molar-refractivity contribution in [1.29, 1.82) is 0 Å². The standard InChI is InChI=1S/C10H12ClNO3S/c1-10(2,3)15-9(14)12-8-6(5-13)4-7(11)16-8/h4-5H,1-3H3,(H,12,14). The van der Waals surface area contributed by atoms with Crippen LogP contribution in [0, 0.1) is 0 Å². The van der Waals surface area contributed by atoms with Crippen molar-refractivity contribution >= 4 is 40.3 Å². The van der Waals surface area contributed by atoms with Crippen LogP contribution < -0.4 is 5.32 Å². The molecule has 1 heterocycles. The number of ether oxygens (including phenoxy) is 1. The number of aldehydes is 1. The van der Waals surface area contributed by atoms with E-state index in [1.54, 1.807) is 20.8 Å². The number of anilines is 1. The molecule has 0 unspecified atom stereocenters. The van der Waals surface area contributed by atoms with Crippen LogP contribution in [0.3, 0.4) is 0 Å². The zero-order valence-corrected chi connectivity index (χ0v) is 10.7. The molecule has 16 heavy (non-hydrogen) atoms. The number of carbonyl (C=O) groups excluding carboxylic acids is 2. The van der Waals surface area contributed by atoms with Crippen molar-refractivity contribution in [3.63, 3.8) is 0 Å². The molecule has 0 aromatic carbocycles. The molecular weight excluding hydrogens is 250 g/mol. The number of rotatable bonds is 2. The first-order chi connectivity index (χ1) is 7.31. The van der Waals surface area contributed by atoms with Crippen LogP contribution in [0.15, 0.2) is 6.07 Å². The largest absolute Gasteiger partial charge is 0.444 e. The van der Waals surface area contributed by atoms with E-state index in [2.05, 4.69) is 5.32 Å². The van der Waals surface area contributed by atoms with Crippen molar-refractivity contribution in [2.75, 3.05) is 5.32 Å². The van der Waals surface area contributed by atoms with Crippen LogP contribution >= 0.6 is 22.9 Å². The molecule has 0 spiro atoms. The van der Waals surface area contributed by atoms with Gasteiger partial charge in [0.25, 0.3) is 0 Å². The first-order valence-electron chi connectivity index (χ1n) is 4.56. The van der Waals surface area contributed by atoms with Gasteiger partial charge in [0.2, 0.25) is 0 Å². The Morgan fingerprint density at radius 1 is 1.56 bits per heavy atom. The van der Waals surface area contributed by atoms with Crippen LogP contribution in [0.2, 0.25) is 4.34 Å². The second kappa shape index (κ2) is 4.84. The van der Waals surface area contributed by atoms with Gasteiger partial charge in [-0.3, -0.25) is 10.1 Å². The normalized spacial score (nSPS) is 11.0. The third-order valence-corrected chi connectivity index (χ3v) is 2.67. The molecule has 1 aromatic rings. The third kappa shape index (κ3) is 3.83. The van der Waals surface area contributed by atoms with Crippen molar-refractivity contribution < 1.29 is 14.3 Å². The highest BCUT2D eigenvalue weighted by molar-refractivity contribution is 7.20. The molecule has 1 aromatic heterocycles. The summed E-state index contributed by atoms with van der Waals surface area (Å²) >= 11 is 6.84. The lowest BCUT2D eigenvalue weighted by Gasteiger charge is -2.19. The van der Waals surface area contributed by atoms with E-state index in [4.69, 9.17) is 16.3 Å². The SMILES string of the molecule is CC(C)(C)OC(=O)Nc1sc(Cl)cc1C=O. The Kier molecular flexibility index (Phi) is 3.93. The topological polar surface area (TPSA) is 55.4 Å². The van der Waals surface area contributed by atoms with Gasteiger partial charge in [0.1, 0.15) is 10.6 Å². The van der Waals surface area contributed by atoms with Gasteiger partial charge in [-0.25, -0.2) is 4.79 Å². The summed E-state index contributed by atoms with van der Waals surface area (Å²) in [6.07, 6.45) is 0.0313. The average Bonchev–Trinajstić information content (AvgIpc) is 2.42. The number of hydrogen-bond acceptors (Lipinski definition) is 4. The Balaban J connectivity index is 2.73. The summed E-state index contributed by atoms with van der Waals surface area (Å²) < 4.78 is 5.49. The van der Waals surface area contributed by atoms with Gasteiger partial charge in [-0.1, -0.05) is 11.6 Å². The summed E-state index contributed by atoms with van der Waals surface area (Å²) in [5, 5.41) is 2.88. The second-order valence-corrected chi connectivity index (χ2v) is 5.76. The van der Waals surface area contributed by atoms with Crippen LogP contribution in [0.4, 0.5) is 9.80 Å². The molecule has 0 radical (unpaired) electrons. The minimum absolute atomic E-state index is 0.348. The molecule has 4 nitrogen and oxygen atoms in total. The molecule has 1 N–H and O–H groups in total. The smallest absolute Gasteiger partial charge is 0.412 e. The molecule has 0 fully saturated rings. The van der Waals surface area contributed by atoms with Crippen LogP contribution in [0.1, 0.15) is 31.1 Å². The number of nitrogens with one attached hydrogen (secondary N) is 1. The second-order valence-electron chi connectivity index (χ2n) is 4.08. The lowest BCUT2D eigenvalue weighted by Crippen LogP contribution is -2.27. The number of hydrogen-bond donors (Lipinski definition) is 1. The fraction of sp³-hybridized carbons (Fsp3) is 0.400. The molecule has 0 bridgehead atoms. The van der Waals surface area contributed by atoms with E-state index in [0.29, 0.717) is 21.2 Å². The van der Waals surface area contributed by atoms with E-state index < -0.39 is 11.7 Å². The van der Waals surface area contributed by atoms with Crippen molar-refractivity contribution in [2.24, 2.45) is 0 Å². The number of halogens is 1.